The van der Waals surface area contributed by atoms with E-state index < -0.39 is 13.7 Å². The van der Waals surface area contributed by atoms with E-state index in [4.69, 9.17) is 4.74 Å². The van der Waals surface area contributed by atoms with Gasteiger partial charge in [-0.3, -0.25) is 14.3 Å². The lowest BCUT2D eigenvalue weighted by Gasteiger charge is -2.27. The van der Waals surface area contributed by atoms with E-state index >= 15 is 0 Å². The highest BCUT2D eigenvalue weighted by Gasteiger charge is 2.23. The molecule has 0 bridgehead atoms. The van der Waals surface area contributed by atoms with Crippen molar-refractivity contribution in [3.05, 3.63) is 48.5 Å². The Hall–Kier alpha value is -2.41. The molecule has 0 radical (unpaired) electrons. The zero-order chi connectivity index (χ0) is 28.7. The van der Waals surface area contributed by atoms with Crippen LogP contribution in [0.25, 0.3) is 0 Å². The molecule has 0 N–H and O–H groups in total. The van der Waals surface area contributed by atoms with Crippen molar-refractivity contribution in [2.75, 3.05) is 11.4 Å². The standard InChI is InChI=1S/C32H53N3O3Si/c1-32(2,3)38-31(37)35(29-21-19-28(20-22-29)30(36)34-25-23-33-27-34)24-17-15-13-11-9-7-8-10-12-14-16-18-26-39(4,5)6/h19-23,25,27H,7-18,24,26H2,1-6H3. The third-order valence-electron chi connectivity index (χ3n) is 6.84. The first kappa shape index (κ1) is 32.8. The lowest BCUT2D eigenvalue weighted by atomic mass is 10.1. The van der Waals surface area contributed by atoms with Gasteiger partial charge in [0.25, 0.3) is 5.91 Å². The maximum Gasteiger partial charge on any atom is 0.414 e. The number of benzene rings is 1. The summed E-state index contributed by atoms with van der Waals surface area (Å²) in [5, 5.41) is 0. The molecule has 0 spiro atoms. The second-order valence-corrected chi connectivity index (χ2v) is 18.6. The lowest BCUT2D eigenvalue weighted by Crippen LogP contribution is -2.37. The van der Waals surface area contributed by atoms with Crippen molar-refractivity contribution in [3.8, 4) is 0 Å². The summed E-state index contributed by atoms with van der Waals surface area (Å²) >= 11 is 0. The molecule has 0 atom stereocenters. The van der Waals surface area contributed by atoms with Crippen molar-refractivity contribution < 1.29 is 14.3 Å². The van der Waals surface area contributed by atoms with Gasteiger partial charge in [0, 0.05) is 38.3 Å². The molecule has 0 saturated carbocycles. The van der Waals surface area contributed by atoms with Gasteiger partial charge in [-0.15, -0.1) is 0 Å². The van der Waals surface area contributed by atoms with Gasteiger partial charge in [-0.2, -0.15) is 0 Å². The fourth-order valence-corrected chi connectivity index (χ4v) is 5.96. The van der Waals surface area contributed by atoms with Crippen LogP contribution in [0.15, 0.2) is 43.0 Å². The molecule has 2 rings (SSSR count). The average Bonchev–Trinajstić information content (AvgIpc) is 3.39. The minimum Gasteiger partial charge on any atom is -0.443 e. The third-order valence-corrected chi connectivity index (χ3v) is 8.69. The van der Waals surface area contributed by atoms with Gasteiger partial charge in [-0.1, -0.05) is 96.3 Å². The van der Waals surface area contributed by atoms with Crippen LogP contribution in [0.5, 0.6) is 0 Å². The summed E-state index contributed by atoms with van der Waals surface area (Å²) < 4.78 is 7.12. The van der Waals surface area contributed by atoms with Crippen molar-refractivity contribution in [2.45, 2.75) is 129 Å². The van der Waals surface area contributed by atoms with E-state index in [-0.39, 0.29) is 12.0 Å². The third kappa shape index (κ3) is 14.0. The highest BCUT2D eigenvalue weighted by atomic mass is 28.3. The second kappa shape index (κ2) is 16.6. The van der Waals surface area contributed by atoms with Gasteiger partial charge in [0.15, 0.2) is 0 Å². The minimum atomic E-state index is -0.850. The number of unbranched alkanes of at least 4 members (excludes halogenated alkanes) is 11. The molecule has 2 aromatic rings. The van der Waals surface area contributed by atoms with Gasteiger partial charge in [0.2, 0.25) is 0 Å². The van der Waals surface area contributed by atoms with Crippen LogP contribution in [-0.4, -0.2) is 41.8 Å². The Labute approximate surface area is 238 Å². The molecule has 1 amide bonds. The number of imidazole rings is 1. The van der Waals surface area contributed by atoms with E-state index in [0.717, 1.165) is 18.5 Å². The monoisotopic (exact) mass is 555 g/mol. The molecular formula is C32H53N3O3Si. The number of rotatable bonds is 17. The van der Waals surface area contributed by atoms with Gasteiger partial charge in [0.1, 0.15) is 11.9 Å². The lowest BCUT2D eigenvalue weighted by molar-refractivity contribution is 0.0579. The summed E-state index contributed by atoms with van der Waals surface area (Å²) in [5.74, 6) is -0.152. The summed E-state index contributed by atoms with van der Waals surface area (Å²) in [4.78, 5) is 31.2. The van der Waals surface area contributed by atoms with Crippen LogP contribution in [0.2, 0.25) is 25.7 Å². The second-order valence-electron chi connectivity index (χ2n) is 13.0. The van der Waals surface area contributed by atoms with Gasteiger partial charge < -0.3 is 4.74 Å². The van der Waals surface area contributed by atoms with Crippen LogP contribution < -0.4 is 4.90 Å². The van der Waals surface area contributed by atoms with Gasteiger partial charge in [-0.05, 0) is 51.5 Å². The fraction of sp³-hybridized carbons (Fsp3) is 0.656. The average molecular weight is 556 g/mol. The molecule has 1 aromatic heterocycles. The molecule has 1 aromatic carbocycles. The predicted molar refractivity (Wildman–Crippen MR) is 166 cm³/mol. The Morgan fingerprint density at radius 3 is 1.79 bits per heavy atom. The highest BCUT2D eigenvalue weighted by Crippen LogP contribution is 2.21. The van der Waals surface area contributed by atoms with Gasteiger partial charge >= 0.3 is 6.09 Å². The molecule has 0 aliphatic rings. The van der Waals surface area contributed by atoms with Crippen molar-refractivity contribution in [1.29, 1.82) is 0 Å². The number of nitrogens with zero attached hydrogens (tertiary/aromatic N) is 3. The largest absolute Gasteiger partial charge is 0.443 e. The Balaban J connectivity index is 1.69. The summed E-state index contributed by atoms with van der Waals surface area (Å²) in [6, 6.07) is 8.62. The normalized spacial score (nSPS) is 11.9. The molecule has 0 aliphatic carbocycles. The van der Waals surface area contributed by atoms with E-state index in [1.165, 1.54) is 81.1 Å². The van der Waals surface area contributed by atoms with Crippen molar-refractivity contribution >= 4 is 25.8 Å². The molecule has 0 saturated heterocycles. The molecular weight excluding hydrogens is 502 g/mol. The summed E-state index contributed by atoms with van der Waals surface area (Å²) in [6.45, 7) is 13.6. The molecule has 0 aliphatic heterocycles. The van der Waals surface area contributed by atoms with Crippen LogP contribution >= 0.6 is 0 Å². The summed E-state index contributed by atoms with van der Waals surface area (Å²) in [5.41, 5.74) is 0.718. The number of hydrogen-bond acceptors (Lipinski definition) is 4. The number of ether oxygens (including phenoxy) is 1. The maximum absolute atomic E-state index is 13.0. The Kier molecular flexibility index (Phi) is 14.0. The van der Waals surface area contributed by atoms with Crippen LogP contribution in [0.4, 0.5) is 10.5 Å². The fourth-order valence-electron chi connectivity index (χ4n) is 4.65. The zero-order valence-corrected chi connectivity index (χ0v) is 26.5. The van der Waals surface area contributed by atoms with Gasteiger partial charge in [-0.25, -0.2) is 9.78 Å². The first-order chi connectivity index (χ1) is 18.5. The van der Waals surface area contributed by atoms with E-state index in [1.54, 1.807) is 29.4 Å². The molecule has 0 fully saturated rings. The van der Waals surface area contributed by atoms with E-state index in [2.05, 4.69) is 24.6 Å². The maximum atomic E-state index is 13.0. The molecule has 6 nitrogen and oxygen atoms in total. The smallest absolute Gasteiger partial charge is 0.414 e. The SMILES string of the molecule is CC(C)(C)OC(=O)N(CCCCCCCCCCCCCC[Si](C)(C)C)c1ccc(C(=O)n2ccnc2)cc1. The van der Waals surface area contributed by atoms with E-state index in [9.17, 15) is 9.59 Å². The Morgan fingerprint density at radius 1 is 0.821 bits per heavy atom. The number of amides is 1. The number of carbonyl (C=O) groups excluding carboxylic acids is 2. The van der Waals surface area contributed by atoms with Crippen molar-refractivity contribution in [3.63, 3.8) is 0 Å². The molecule has 0 unspecified atom stereocenters. The Morgan fingerprint density at radius 2 is 1.33 bits per heavy atom. The first-order valence-corrected chi connectivity index (χ1v) is 18.8. The topological polar surface area (TPSA) is 64.4 Å². The van der Waals surface area contributed by atoms with Crippen LogP contribution in [0, 0.1) is 0 Å². The number of anilines is 1. The van der Waals surface area contributed by atoms with Crippen molar-refractivity contribution in [1.82, 2.24) is 9.55 Å². The van der Waals surface area contributed by atoms with Crippen molar-refractivity contribution in [2.24, 2.45) is 0 Å². The molecule has 7 heteroatoms. The van der Waals surface area contributed by atoms with Crippen LogP contribution in [0.1, 0.15) is 108 Å². The Bertz CT molecular complexity index is 960. The first-order valence-electron chi connectivity index (χ1n) is 15.1. The number of hydrogen-bond donors (Lipinski definition) is 0. The van der Waals surface area contributed by atoms with E-state index in [0.29, 0.717) is 12.1 Å². The highest BCUT2D eigenvalue weighted by molar-refractivity contribution is 6.76. The summed E-state index contributed by atoms with van der Waals surface area (Å²) in [6.07, 6.45) is 19.8. The molecule has 39 heavy (non-hydrogen) atoms. The number of carbonyl (C=O) groups is 2. The van der Waals surface area contributed by atoms with Crippen LogP contribution in [-0.2, 0) is 4.74 Å². The van der Waals surface area contributed by atoms with Crippen LogP contribution in [0.3, 0.4) is 0 Å². The predicted octanol–water partition coefficient (Wildman–Crippen LogP) is 9.33. The minimum absolute atomic E-state index is 0.152. The summed E-state index contributed by atoms with van der Waals surface area (Å²) in [7, 11) is -0.850. The van der Waals surface area contributed by atoms with Gasteiger partial charge in [0.05, 0.1) is 0 Å². The number of aromatic nitrogens is 2. The molecule has 1 heterocycles. The quantitative estimate of drug-likeness (QED) is 0.144. The zero-order valence-electron chi connectivity index (χ0n) is 25.5. The molecule has 218 valence electrons. The van der Waals surface area contributed by atoms with E-state index in [1.807, 2.05) is 32.9 Å².